The molecule has 1 atom stereocenters. The van der Waals surface area contributed by atoms with E-state index in [9.17, 15) is 9.18 Å². The van der Waals surface area contributed by atoms with Gasteiger partial charge >= 0.3 is 0 Å². The Balaban J connectivity index is 1.95. The van der Waals surface area contributed by atoms with Crippen LogP contribution in [-0.4, -0.2) is 19.2 Å². The van der Waals surface area contributed by atoms with Gasteiger partial charge in [-0.3, -0.25) is 4.79 Å². The number of carbonyl (C=O) groups is 1. The van der Waals surface area contributed by atoms with Crippen LogP contribution in [0.4, 0.5) is 4.39 Å². The number of carbonyl (C=O) groups excluding carboxylic acids is 1. The lowest BCUT2D eigenvalue weighted by atomic mass is 10.0. The summed E-state index contributed by atoms with van der Waals surface area (Å²) in [7, 11) is 0. The van der Waals surface area contributed by atoms with Crippen LogP contribution in [0.15, 0.2) is 18.2 Å². The first-order valence-corrected chi connectivity index (χ1v) is 5.30. The molecular weight excluding hydrogens is 211 g/mol. The Morgan fingerprint density at radius 2 is 2.44 bits per heavy atom. The Hall–Kier alpha value is -1.58. The molecule has 0 amide bonds. The standard InChI is InChI=1S/C12H13FO3/c13-10-2-4-12-9(7-10)1-3-11(16-12)5-6-15-8-14/h2,4,7-8,11H,1,3,5-6H2. The topological polar surface area (TPSA) is 35.5 Å². The molecule has 86 valence electrons. The first-order chi connectivity index (χ1) is 7.79. The van der Waals surface area contributed by atoms with E-state index in [1.54, 1.807) is 6.07 Å². The predicted octanol–water partition coefficient (Wildman–Crippen LogP) is 2.08. The largest absolute Gasteiger partial charge is 0.490 e. The van der Waals surface area contributed by atoms with Crippen molar-refractivity contribution in [1.82, 2.24) is 0 Å². The van der Waals surface area contributed by atoms with Crippen molar-refractivity contribution < 1.29 is 18.7 Å². The van der Waals surface area contributed by atoms with Gasteiger partial charge in [-0.1, -0.05) is 0 Å². The van der Waals surface area contributed by atoms with Crippen molar-refractivity contribution >= 4 is 6.47 Å². The minimum atomic E-state index is -0.231. The second-order valence-electron chi connectivity index (χ2n) is 3.79. The van der Waals surface area contributed by atoms with Gasteiger partial charge < -0.3 is 9.47 Å². The van der Waals surface area contributed by atoms with Crippen molar-refractivity contribution in [2.45, 2.75) is 25.4 Å². The Morgan fingerprint density at radius 3 is 3.25 bits per heavy atom. The van der Waals surface area contributed by atoms with Crippen molar-refractivity contribution in [3.63, 3.8) is 0 Å². The molecule has 3 nitrogen and oxygen atoms in total. The van der Waals surface area contributed by atoms with Crippen molar-refractivity contribution in [2.75, 3.05) is 6.61 Å². The molecule has 0 radical (unpaired) electrons. The summed E-state index contributed by atoms with van der Waals surface area (Å²) in [6, 6.07) is 4.55. The average molecular weight is 224 g/mol. The smallest absolute Gasteiger partial charge is 0.293 e. The number of halogens is 1. The van der Waals surface area contributed by atoms with Crippen molar-refractivity contribution in [3.8, 4) is 5.75 Å². The number of hydrogen-bond acceptors (Lipinski definition) is 3. The fraction of sp³-hybridized carbons (Fsp3) is 0.417. The van der Waals surface area contributed by atoms with Gasteiger partial charge in [-0.25, -0.2) is 4.39 Å². The van der Waals surface area contributed by atoms with Crippen molar-refractivity contribution in [1.29, 1.82) is 0 Å². The molecule has 0 fully saturated rings. The van der Waals surface area contributed by atoms with Gasteiger partial charge in [0.15, 0.2) is 0 Å². The van der Waals surface area contributed by atoms with E-state index >= 15 is 0 Å². The number of fused-ring (bicyclic) bond motifs is 1. The molecule has 0 N–H and O–H groups in total. The lowest BCUT2D eigenvalue weighted by molar-refractivity contribution is -0.129. The van der Waals surface area contributed by atoms with E-state index in [2.05, 4.69) is 4.74 Å². The first-order valence-electron chi connectivity index (χ1n) is 5.30. The van der Waals surface area contributed by atoms with Crippen LogP contribution in [0.1, 0.15) is 18.4 Å². The molecule has 1 unspecified atom stereocenters. The summed E-state index contributed by atoms with van der Waals surface area (Å²) in [5, 5.41) is 0. The highest BCUT2D eigenvalue weighted by atomic mass is 19.1. The zero-order chi connectivity index (χ0) is 11.4. The highest BCUT2D eigenvalue weighted by Crippen LogP contribution is 2.29. The molecule has 16 heavy (non-hydrogen) atoms. The lowest BCUT2D eigenvalue weighted by Crippen LogP contribution is -2.24. The molecule has 1 aromatic carbocycles. The predicted molar refractivity (Wildman–Crippen MR) is 55.8 cm³/mol. The molecule has 4 heteroatoms. The van der Waals surface area contributed by atoms with Crippen LogP contribution in [0.2, 0.25) is 0 Å². The van der Waals surface area contributed by atoms with E-state index in [4.69, 9.17) is 4.74 Å². The zero-order valence-electron chi connectivity index (χ0n) is 8.82. The average Bonchev–Trinajstić information content (AvgIpc) is 2.29. The van der Waals surface area contributed by atoms with E-state index in [1.165, 1.54) is 12.1 Å². The van der Waals surface area contributed by atoms with E-state index in [0.29, 0.717) is 19.5 Å². The highest BCUT2D eigenvalue weighted by molar-refractivity contribution is 5.37. The molecule has 0 bridgehead atoms. The molecule has 0 spiro atoms. The van der Waals surface area contributed by atoms with Gasteiger partial charge in [0.1, 0.15) is 17.7 Å². The maximum absolute atomic E-state index is 12.9. The van der Waals surface area contributed by atoms with Crippen LogP contribution in [0.3, 0.4) is 0 Å². The molecule has 1 aliphatic heterocycles. The van der Waals surface area contributed by atoms with Crippen LogP contribution < -0.4 is 4.74 Å². The monoisotopic (exact) mass is 224 g/mol. The van der Waals surface area contributed by atoms with Crippen molar-refractivity contribution in [3.05, 3.63) is 29.6 Å². The van der Waals surface area contributed by atoms with E-state index in [1.807, 2.05) is 0 Å². The van der Waals surface area contributed by atoms with Crippen LogP contribution in [-0.2, 0) is 16.0 Å². The fourth-order valence-electron chi connectivity index (χ4n) is 1.86. The van der Waals surface area contributed by atoms with Crippen molar-refractivity contribution in [2.24, 2.45) is 0 Å². The van der Waals surface area contributed by atoms with Gasteiger partial charge in [-0.15, -0.1) is 0 Å². The zero-order valence-corrected chi connectivity index (χ0v) is 8.82. The van der Waals surface area contributed by atoms with Gasteiger partial charge in [0.25, 0.3) is 6.47 Å². The minimum absolute atomic E-state index is 0.0536. The maximum atomic E-state index is 12.9. The molecule has 2 rings (SSSR count). The summed E-state index contributed by atoms with van der Waals surface area (Å²) in [5.41, 5.74) is 0.910. The normalized spacial score (nSPS) is 18.4. The summed E-state index contributed by atoms with van der Waals surface area (Å²) < 4.78 is 23.2. The molecule has 0 aromatic heterocycles. The molecule has 0 saturated heterocycles. The van der Waals surface area contributed by atoms with Gasteiger partial charge in [-0.2, -0.15) is 0 Å². The Morgan fingerprint density at radius 1 is 1.56 bits per heavy atom. The second-order valence-corrected chi connectivity index (χ2v) is 3.79. The number of ether oxygens (including phenoxy) is 2. The van der Waals surface area contributed by atoms with Crippen LogP contribution in [0.5, 0.6) is 5.75 Å². The molecule has 1 aliphatic rings. The number of rotatable bonds is 4. The summed E-state index contributed by atoms with van der Waals surface area (Å²) in [6.07, 6.45) is 2.37. The fourth-order valence-corrected chi connectivity index (χ4v) is 1.86. The van der Waals surface area contributed by atoms with Gasteiger partial charge in [0.2, 0.25) is 0 Å². The lowest BCUT2D eigenvalue weighted by Gasteiger charge is -2.25. The Bertz CT molecular complexity index is 379. The van der Waals surface area contributed by atoms with Gasteiger partial charge in [0, 0.05) is 6.42 Å². The number of hydrogen-bond donors (Lipinski definition) is 0. The Labute approximate surface area is 93.2 Å². The minimum Gasteiger partial charge on any atom is -0.490 e. The van der Waals surface area contributed by atoms with E-state index in [0.717, 1.165) is 24.2 Å². The highest BCUT2D eigenvalue weighted by Gasteiger charge is 2.19. The van der Waals surface area contributed by atoms with E-state index in [-0.39, 0.29) is 11.9 Å². The summed E-state index contributed by atoms with van der Waals surface area (Å²) >= 11 is 0. The molecular formula is C12H13FO3. The molecule has 0 aliphatic carbocycles. The van der Waals surface area contributed by atoms with Crippen LogP contribution in [0, 0.1) is 5.82 Å². The molecule has 1 aromatic rings. The SMILES string of the molecule is O=COCCC1CCc2cc(F)ccc2O1. The summed E-state index contributed by atoms with van der Waals surface area (Å²) in [6.45, 7) is 0.802. The van der Waals surface area contributed by atoms with Gasteiger partial charge in [0.05, 0.1) is 6.61 Å². The quantitative estimate of drug-likeness (QED) is 0.580. The summed E-state index contributed by atoms with van der Waals surface area (Å²) in [5.74, 6) is 0.508. The first kappa shape index (κ1) is 10.9. The third-order valence-corrected chi connectivity index (χ3v) is 2.68. The molecule has 0 saturated carbocycles. The second kappa shape index (κ2) is 4.96. The third-order valence-electron chi connectivity index (χ3n) is 2.68. The number of benzene rings is 1. The van der Waals surface area contributed by atoms with Gasteiger partial charge in [-0.05, 0) is 36.6 Å². The third kappa shape index (κ3) is 2.51. The van der Waals surface area contributed by atoms with Crippen LogP contribution in [0.25, 0.3) is 0 Å². The number of aryl methyl sites for hydroxylation is 1. The maximum Gasteiger partial charge on any atom is 0.293 e. The van der Waals surface area contributed by atoms with E-state index < -0.39 is 0 Å². The summed E-state index contributed by atoms with van der Waals surface area (Å²) in [4.78, 5) is 9.98. The molecule has 1 heterocycles. The van der Waals surface area contributed by atoms with Crippen LogP contribution >= 0.6 is 0 Å². The Kier molecular flexibility index (Phi) is 3.39.